The average Bonchev–Trinajstić information content (AvgIpc) is 2.69. The molecule has 0 fully saturated rings. The van der Waals surface area contributed by atoms with Gasteiger partial charge in [0.25, 0.3) is 0 Å². The summed E-state index contributed by atoms with van der Waals surface area (Å²) in [4.78, 5) is 26.0. The molecule has 0 saturated carbocycles. The Balaban J connectivity index is 2.08. The fraction of sp³-hybridized carbons (Fsp3) is 0.0909. The average molecular weight is 376 g/mol. The zero-order valence-electron chi connectivity index (χ0n) is 15.1. The molecule has 0 bridgehead atoms. The maximum absolute atomic E-state index is 13.7. The van der Waals surface area contributed by atoms with Crippen LogP contribution < -0.4 is 10.9 Å². The van der Waals surface area contributed by atoms with E-state index in [-0.39, 0.29) is 21.6 Å². The van der Waals surface area contributed by atoms with E-state index in [1.165, 1.54) is 24.3 Å². The van der Waals surface area contributed by atoms with Crippen molar-refractivity contribution in [3.8, 4) is 0 Å². The van der Waals surface area contributed by atoms with Crippen molar-refractivity contribution in [1.82, 2.24) is 9.13 Å². The van der Waals surface area contributed by atoms with Crippen LogP contribution in [-0.2, 0) is 14.1 Å². The van der Waals surface area contributed by atoms with Crippen molar-refractivity contribution >= 4 is 43.6 Å². The first-order valence-corrected chi connectivity index (χ1v) is 8.71. The fourth-order valence-corrected chi connectivity index (χ4v) is 4.01. The number of halogens is 2. The van der Waals surface area contributed by atoms with Crippen molar-refractivity contribution in [1.29, 1.82) is 0 Å². The smallest absolute Gasteiger partial charge is 0.197 e. The number of hydrogen-bond acceptors (Lipinski definition) is 2. The Hall–Kier alpha value is -3.54. The minimum atomic E-state index is -0.481. The maximum atomic E-state index is 13.7. The highest BCUT2D eigenvalue weighted by atomic mass is 19.1. The third-order valence-corrected chi connectivity index (χ3v) is 5.46. The molecule has 5 aromatic rings. The lowest BCUT2D eigenvalue weighted by Gasteiger charge is -2.14. The predicted molar refractivity (Wildman–Crippen MR) is 107 cm³/mol. The van der Waals surface area contributed by atoms with Crippen LogP contribution in [0.4, 0.5) is 8.78 Å². The Bertz CT molecular complexity index is 1480. The van der Waals surface area contributed by atoms with Gasteiger partial charge >= 0.3 is 0 Å². The summed E-state index contributed by atoms with van der Waals surface area (Å²) in [6, 6.07) is 11.4. The monoisotopic (exact) mass is 376 g/mol. The van der Waals surface area contributed by atoms with Crippen molar-refractivity contribution in [3.05, 3.63) is 80.6 Å². The fourth-order valence-electron chi connectivity index (χ4n) is 4.01. The van der Waals surface area contributed by atoms with Crippen molar-refractivity contribution in [2.45, 2.75) is 0 Å². The zero-order valence-corrected chi connectivity index (χ0v) is 15.1. The molecular weight excluding hydrogens is 362 g/mol. The highest BCUT2D eigenvalue weighted by molar-refractivity contribution is 6.03. The molecule has 3 aromatic carbocycles. The lowest BCUT2D eigenvalue weighted by Crippen LogP contribution is -2.13. The Kier molecular flexibility index (Phi) is 3.25. The van der Waals surface area contributed by atoms with Gasteiger partial charge in [-0.05, 0) is 48.5 Å². The molecule has 0 amide bonds. The van der Waals surface area contributed by atoms with Crippen LogP contribution in [0.25, 0.3) is 43.6 Å². The topological polar surface area (TPSA) is 44.0 Å². The normalized spacial score (nSPS) is 11.9. The summed E-state index contributed by atoms with van der Waals surface area (Å²) in [7, 11) is 3.53. The van der Waals surface area contributed by atoms with Gasteiger partial charge in [-0.15, -0.1) is 0 Å². The first kappa shape index (κ1) is 16.6. The minimum absolute atomic E-state index is 0.280. The molecule has 138 valence electrons. The number of benzene rings is 3. The summed E-state index contributed by atoms with van der Waals surface area (Å²) in [5, 5.41) is 1.35. The number of aryl methyl sites for hydroxylation is 2. The summed E-state index contributed by atoms with van der Waals surface area (Å²) in [5.74, 6) is -0.963. The van der Waals surface area contributed by atoms with E-state index in [1.807, 2.05) is 0 Å². The second-order valence-electron chi connectivity index (χ2n) is 6.99. The van der Waals surface area contributed by atoms with Gasteiger partial charge in [0.1, 0.15) is 11.6 Å². The van der Waals surface area contributed by atoms with Crippen LogP contribution in [0.5, 0.6) is 0 Å². The number of rotatable bonds is 0. The van der Waals surface area contributed by atoms with E-state index in [0.29, 0.717) is 32.8 Å². The molecule has 0 radical (unpaired) electrons. The number of pyridine rings is 2. The summed E-state index contributed by atoms with van der Waals surface area (Å²) in [6.07, 6.45) is 0. The van der Waals surface area contributed by atoms with Crippen LogP contribution in [-0.4, -0.2) is 9.13 Å². The molecule has 0 spiro atoms. The number of hydrogen-bond donors (Lipinski definition) is 0. The van der Waals surface area contributed by atoms with Crippen molar-refractivity contribution in [3.63, 3.8) is 0 Å². The molecule has 0 atom stereocenters. The molecule has 6 heteroatoms. The first-order chi connectivity index (χ1) is 13.4. The highest BCUT2D eigenvalue weighted by Crippen LogP contribution is 2.25. The van der Waals surface area contributed by atoms with Crippen LogP contribution in [0.2, 0.25) is 0 Å². The maximum Gasteiger partial charge on any atom is 0.197 e. The minimum Gasteiger partial charge on any atom is -0.343 e. The predicted octanol–water partition coefficient (Wildman–Crippen LogP) is 3.98. The first-order valence-electron chi connectivity index (χ1n) is 8.71. The van der Waals surface area contributed by atoms with Gasteiger partial charge in [0, 0.05) is 35.6 Å². The lowest BCUT2D eigenvalue weighted by atomic mass is 10.0. The Morgan fingerprint density at radius 3 is 1.32 bits per heavy atom. The third kappa shape index (κ3) is 2.08. The van der Waals surface area contributed by atoms with E-state index in [2.05, 4.69) is 0 Å². The van der Waals surface area contributed by atoms with E-state index in [0.717, 1.165) is 0 Å². The van der Waals surface area contributed by atoms with Crippen LogP contribution in [0.3, 0.4) is 0 Å². The van der Waals surface area contributed by atoms with E-state index in [1.54, 1.807) is 47.5 Å². The Labute approximate surface area is 156 Å². The molecule has 0 unspecified atom stereocenters. The molecule has 5 rings (SSSR count). The van der Waals surface area contributed by atoms with Gasteiger partial charge in [0.05, 0.1) is 22.1 Å². The van der Waals surface area contributed by atoms with Crippen LogP contribution in [0.1, 0.15) is 0 Å². The lowest BCUT2D eigenvalue weighted by molar-refractivity contribution is 0.629. The molecule has 28 heavy (non-hydrogen) atoms. The van der Waals surface area contributed by atoms with Crippen LogP contribution in [0, 0.1) is 11.6 Å². The van der Waals surface area contributed by atoms with Crippen molar-refractivity contribution < 1.29 is 8.78 Å². The van der Waals surface area contributed by atoms with Gasteiger partial charge in [0.2, 0.25) is 0 Å². The molecule has 0 aliphatic carbocycles. The quantitative estimate of drug-likeness (QED) is 0.384. The van der Waals surface area contributed by atoms with Gasteiger partial charge < -0.3 is 9.13 Å². The summed E-state index contributed by atoms with van der Waals surface area (Å²) in [5.41, 5.74) is 1.67. The molecule has 2 heterocycles. The van der Waals surface area contributed by atoms with Crippen molar-refractivity contribution in [2.75, 3.05) is 0 Å². The van der Waals surface area contributed by atoms with Gasteiger partial charge in [-0.25, -0.2) is 8.78 Å². The molecule has 0 aliphatic heterocycles. The Morgan fingerprint density at radius 2 is 0.929 bits per heavy atom. The van der Waals surface area contributed by atoms with Crippen LogP contribution in [0.15, 0.2) is 58.1 Å². The number of fused-ring (bicyclic) bond motifs is 4. The van der Waals surface area contributed by atoms with E-state index in [4.69, 9.17) is 0 Å². The molecule has 2 aromatic heterocycles. The summed E-state index contributed by atoms with van der Waals surface area (Å²) < 4.78 is 30.9. The van der Waals surface area contributed by atoms with Gasteiger partial charge in [0.15, 0.2) is 10.9 Å². The number of nitrogens with zero attached hydrogens (tertiary/aromatic N) is 2. The second-order valence-corrected chi connectivity index (χ2v) is 6.99. The standard InChI is InChI=1S/C22H14F2N2O2/c1-25-17-5-3-11(23)7-13(17)21(27)15-10-20-16(9-19(15)25)22(28)14-8-12(24)4-6-18(14)26(20)2/h3-10H,1-2H3. The molecule has 0 saturated heterocycles. The second kappa shape index (κ2) is 5.48. The highest BCUT2D eigenvalue weighted by Gasteiger charge is 2.15. The molecule has 0 aliphatic rings. The van der Waals surface area contributed by atoms with Gasteiger partial charge in [-0.1, -0.05) is 0 Å². The zero-order chi connectivity index (χ0) is 19.7. The Morgan fingerprint density at radius 1 is 0.571 bits per heavy atom. The number of aromatic nitrogens is 2. The van der Waals surface area contributed by atoms with Crippen LogP contribution >= 0.6 is 0 Å². The van der Waals surface area contributed by atoms with E-state index >= 15 is 0 Å². The SMILES string of the molecule is Cn1c2ccc(F)cc2c(=O)c2cc3c(cc21)c(=O)c1cc(F)ccc1n3C. The largest absolute Gasteiger partial charge is 0.343 e. The molecule has 4 nitrogen and oxygen atoms in total. The van der Waals surface area contributed by atoms with E-state index in [9.17, 15) is 18.4 Å². The van der Waals surface area contributed by atoms with Crippen molar-refractivity contribution in [2.24, 2.45) is 14.1 Å². The summed E-state index contributed by atoms with van der Waals surface area (Å²) >= 11 is 0. The van der Waals surface area contributed by atoms with E-state index < -0.39 is 11.6 Å². The summed E-state index contributed by atoms with van der Waals surface area (Å²) in [6.45, 7) is 0. The van der Waals surface area contributed by atoms with Gasteiger partial charge in [-0.2, -0.15) is 0 Å². The van der Waals surface area contributed by atoms with Gasteiger partial charge in [-0.3, -0.25) is 9.59 Å². The third-order valence-electron chi connectivity index (χ3n) is 5.46. The molecular formula is C22H14F2N2O2. The molecule has 0 N–H and O–H groups in total.